The Morgan fingerprint density at radius 1 is 1.04 bits per heavy atom. The third-order valence-electron chi connectivity index (χ3n) is 5.52. The number of nitrogens with one attached hydrogen (secondary N) is 1. The normalized spacial score (nSPS) is 24.6. The molecule has 0 bridgehead atoms. The van der Waals surface area contributed by atoms with Crippen LogP contribution in [0.5, 0.6) is 0 Å². The highest BCUT2D eigenvalue weighted by atomic mass is 19.1. The van der Waals surface area contributed by atoms with Crippen LogP contribution in [-0.2, 0) is 5.41 Å². The van der Waals surface area contributed by atoms with Crippen LogP contribution < -0.4 is 5.32 Å². The van der Waals surface area contributed by atoms with E-state index in [4.69, 9.17) is 0 Å². The van der Waals surface area contributed by atoms with Crippen LogP contribution in [0.2, 0.25) is 0 Å². The van der Waals surface area contributed by atoms with Gasteiger partial charge in [0.05, 0.1) is 11.7 Å². The Hall–Kier alpha value is -2.16. The molecule has 4 rings (SSSR count). The van der Waals surface area contributed by atoms with E-state index in [2.05, 4.69) is 62.5 Å². The van der Waals surface area contributed by atoms with Gasteiger partial charge in [0.25, 0.3) is 0 Å². The Kier molecular flexibility index (Phi) is 3.71. The van der Waals surface area contributed by atoms with E-state index in [1.807, 2.05) is 0 Å². The van der Waals surface area contributed by atoms with E-state index >= 15 is 0 Å². The van der Waals surface area contributed by atoms with E-state index in [0.717, 1.165) is 23.6 Å². The number of halogens is 2. The highest BCUT2D eigenvalue weighted by Crippen LogP contribution is 2.50. The van der Waals surface area contributed by atoms with Crippen molar-refractivity contribution < 1.29 is 8.78 Å². The van der Waals surface area contributed by atoms with Gasteiger partial charge in [0.2, 0.25) is 0 Å². The Labute approximate surface area is 147 Å². The number of hydrogen-bond acceptors (Lipinski definition) is 1. The van der Waals surface area contributed by atoms with Gasteiger partial charge in [0.15, 0.2) is 0 Å². The van der Waals surface area contributed by atoms with Crippen molar-refractivity contribution in [1.29, 1.82) is 0 Å². The summed E-state index contributed by atoms with van der Waals surface area (Å²) in [5, 5.41) is 3.36. The molecule has 1 N–H and O–H groups in total. The first-order valence-electron chi connectivity index (χ1n) is 8.87. The average Bonchev–Trinajstić information content (AvgIpc) is 3.03. The molecule has 0 unspecified atom stereocenters. The number of hydrogen-bond donors (Lipinski definition) is 1. The first-order valence-corrected chi connectivity index (χ1v) is 8.87. The lowest BCUT2D eigenvalue weighted by Gasteiger charge is -2.37. The van der Waals surface area contributed by atoms with Gasteiger partial charge in [-0.15, -0.1) is 0 Å². The smallest absolute Gasteiger partial charge is 0.149 e. The highest BCUT2D eigenvalue weighted by molar-refractivity contribution is 5.60. The summed E-state index contributed by atoms with van der Waals surface area (Å²) in [5.41, 5.74) is 3.72. The molecule has 1 aliphatic heterocycles. The van der Waals surface area contributed by atoms with Crippen molar-refractivity contribution in [1.82, 2.24) is 0 Å². The Bertz CT molecular complexity index is 830. The first kappa shape index (κ1) is 16.3. The maximum atomic E-state index is 14.4. The molecule has 1 aliphatic carbocycles. The van der Waals surface area contributed by atoms with Gasteiger partial charge < -0.3 is 5.32 Å². The van der Waals surface area contributed by atoms with Gasteiger partial charge in [-0.3, -0.25) is 0 Å². The zero-order chi connectivity index (χ0) is 17.8. The molecule has 0 aromatic heterocycles. The predicted octanol–water partition coefficient (Wildman–Crippen LogP) is 6.09. The van der Waals surface area contributed by atoms with Crippen LogP contribution in [0.15, 0.2) is 48.6 Å². The second-order valence-corrected chi connectivity index (χ2v) is 8.20. The van der Waals surface area contributed by atoms with E-state index in [0.29, 0.717) is 5.69 Å². The van der Waals surface area contributed by atoms with E-state index < -0.39 is 11.6 Å². The predicted molar refractivity (Wildman–Crippen MR) is 97.9 cm³/mol. The summed E-state index contributed by atoms with van der Waals surface area (Å²) in [7, 11) is 0. The minimum absolute atomic E-state index is 0.0291. The molecule has 3 heteroatoms. The molecular formula is C22H23F2N. The van der Waals surface area contributed by atoms with Crippen LogP contribution in [0.25, 0.3) is 0 Å². The fraction of sp³-hybridized carbons (Fsp3) is 0.364. The Balaban J connectivity index is 1.74. The molecule has 3 atom stereocenters. The number of allylic oxidation sites excluding steroid dienone is 2. The largest absolute Gasteiger partial charge is 0.375 e. The standard InChI is InChI=1S/C22H23F2N/c1-22(2,3)14-9-7-13(8-10-14)20-17-6-4-5-16(17)18-11-15(23)12-19(24)21(18)25-20/h4-5,7-12,16-17,20,25H,6H2,1-3H3/t16-,17-,20+/m1/s1. The van der Waals surface area contributed by atoms with Crippen molar-refractivity contribution in [3.8, 4) is 0 Å². The summed E-state index contributed by atoms with van der Waals surface area (Å²) in [6.45, 7) is 6.58. The van der Waals surface area contributed by atoms with Gasteiger partial charge in [0, 0.05) is 12.0 Å². The second kappa shape index (κ2) is 5.69. The maximum Gasteiger partial charge on any atom is 0.149 e. The summed E-state index contributed by atoms with van der Waals surface area (Å²) in [6.07, 6.45) is 5.14. The number of rotatable bonds is 1. The van der Waals surface area contributed by atoms with Gasteiger partial charge in [-0.2, -0.15) is 0 Å². The lowest BCUT2D eigenvalue weighted by Crippen LogP contribution is -2.30. The molecule has 25 heavy (non-hydrogen) atoms. The molecule has 2 aliphatic rings. The van der Waals surface area contributed by atoms with Crippen molar-refractivity contribution in [2.75, 3.05) is 5.32 Å². The van der Waals surface area contributed by atoms with Gasteiger partial charge in [-0.05, 0) is 40.5 Å². The minimum Gasteiger partial charge on any atom is -0.375 e. The number of benzene rings is 2. The van der Waals surface area contributed by atoms with E-state index in [1.54, 1.807) is 0 Å². The molecule has 0 saturated carbocycles. The van der Waals surface area contributed by atoms with Crippen molar-refractivity contribution >= 4 is 5.69 Å². The van der Waals surface area contributed by atoms with Gasteiger partial charge in [-0.25, -0.2) is 8.78 Å². The fourth-order valence-corrected chi connectivity index (χ4v) is 4.14. The summed E-state index contributed by atoms with van der Waals surface area (Å²) >= 11 is 0. The van der Waals surface area contributed by atoms with E-state index in [-0.39, 0.29) is 23.3 Å². The first-order chi connectivity index (χ1) is 11.8. The Morgan fingerprint density at radius 2 is 1.76 bits per heavy atom. The number of fused-ring (bicyclic) bond motifs is 3. The van der Waals surface area contributed by atoms with Crippen LogP contribution in [-0.4, -0.2) is 0 Å². The average molecular weight is 339 g/mol. The van der Waals surface area contributed by atoms with E-state index in [1.165, 1.54) is 11.6 Å². The molecule has 2 aromatic rings. The zero-order valence-electron chi connectivity index (χ0n) is 14.8. The summed E-state index contributed by atoms with van der Waals surface area (Å²) < 4.78 is 28.1. The van der Waals surface area contributed by atoms with Gasteiger partial charge in [0.1, 0.15) is 11.6 Å². The van der Waals surface area contributed by atoms with Crippen molar-refractivity contribution in [3.63, 3.8) is 0 Å². The molecule has 0 radical (unpaired) electrons. The van der Waals surface area contributed by atoms with Crippen LogP contribution in [0.1, 0.15) is 55.8 Å². The van der Waals surface area contributed by atoms with Gasteiger partial charge >= 0.3 is 0 Å². The monoisotopic (exact) mass is 339 g/mol. The van der Waals surface area contributed by atoms with E-state index in [9.17, 15) is 8.78 Å². The lowest BCUT2D eigenvalue weighted by molar-refractivity contribution is 0.418. The quantitative estimate of drug-likeness (QED) is 0.620. The third kappa shape index (κ3) is 2.76. The van der Waals surface area contributed by atoms with Gasteiger partial charge in [-0.1, -0.05) is 57.2 Å². The molecule has 2 aromatic carbocycles. The molecule has 0 spiro atoms. The van der Waals surface area contributed by atoms with Crippen LogP contribution in [0, 0.1) is 17.6 Å². The topological polar surface area (TPSA) is 12.0 Å². The van der Waals surface area contributed by atoms with Crippen LogP contribution in [0.3, 0.4) is 0 Å². The van der Waals surface area contributed by atoms with Crippen molar-refractivity contribution in [2.45, 2.75) is 44.6 Å². The SMILES string of the molecule is CC(C)(C)c1ccc([C@@H]2Nc3c(F)cc(F)cc3[C@@H]3C=CC[C@H]32)cc1. The molecule has 0 amide bonds. The summed E-state index contributed by atoms with van der Waals surface area (Å²) in [5.74, 6) is -0.668. The summed E-state index contributed by atoms with van der Waals surface area (Å²) in [4.78, 5) is 0. The molecular weight excluding hydrogens is 316 g/mol. The van der Waals surface area contributed by atoms with Crippen molar-refractivity contribution in [3.05, 3.63) is 76.9 Å². The highest BCUT2D eigenvalue weighted by Gasteiger charge is 2.39. The lowest BCUT2D eigenvalue weighted by atomic mass is 9.76. The zero-order valence-corrected chi connectivity index (χ0v) is 14.8. The molecule has 130 valence electrons. The van der Waals surface area contributed by atoms with Crippen LogP contribution in [0.4, 0.5) is 14.5 Å². The fourth-order valence-electron chi connectivity index (χ4n) is 4.14. The Morgan fingerprint density at radius 3 is 2.44 bits per heavy atom. The summed E-state index contributed by atoms with van der Waals surface area (Å²) in [6, 6.07) is 11.1. The molecule has 0 saturated heterocycles. The molecule has 0 fully saturated rings. The minimum atomic E-state index is -0.509. The maximum absolute atomic E-state index is 14.4. The number of anilines is 1. The second-order valence-electron chi connectivity index (χ2n) is 8.20. The van der Waals surface area contributed by atoms with Crippen molar-refractivity contribution in [2.24, 2.45) is 5.92 Å². The molecule has 1 nitrogen and oxygen atoms in total. The molecule has 1 heterocycles. The third-order valence-corrected chi connectivity index (χ3v) is 5.52. The van der Waals surface area contributed by atoms with Crippen LogP contribution >= 0.6 is 0 Å².